The van der Waals surface area contributed by atoms with E-state index < -0.39 is 4.92 Å². The Bertz CT molecular complexity index is 403. The molecular formula is C13H20N2O3. The zero-order valence-corrected chi connectivity index (χ0v) is 10.9. The number of nitrogens with two attached hydrogens (primary N) is 1. The van der Waals surface area contributed by atoms with Gasteiger partial charge in [-0.1, -0.05) is 32.8 Å². The van der Waals surface area contributed by atoms with Gasteiger partial charge in [-0.25, -0.2) is 0 Å². The SMILES string of the molecule is CCC(CC)COCc1ccc(N)c([N+](=O)[O-])c1. The Morgan fingerprint density at radius 2 is 2.06 bits per heavy atom. The number of ether oxygens (including phenoxy) is 1. The molecule has 0 radical (unpaired) electrons. The lowest BCUT2D eigenvalue weighted by molar-refractivity contribution is -0.384. The van der Waals surface area contributed by atoms with E-state index in [0.29, 0.717) is 19.1 Å². The lowest BCUT2D eigenvalue weighted by Gasteiger charge is -2.12. The van der Waals surface area contributed by atoms with Gasteiger partial charge in [0, 0.05) is 12.7 Å². The zero-order chi connectivity index (χ0) is 13.5. The number of anilines is 1. The van der Waals surface area contributed by atoms with Crippen molar-refractivity contribution < 1.29 is 9.66 Å². The molecule has 2 N–H and O–H groups in total. The van der Waals surface area contributed by atoms with Crippen molar-refractivity contribution in [2.45, 2.75) is 33.3 Å². The predicted molar refractivity (Wildman–Crippen MR) is 71.2 cm³/mol. The van der Waals surface area contributed by atoms with Crippen molar-refractivity contribution in [2.75, 3.05) is 12.3 Å². The highest BCUT2D eigenvalue weighted by molar-refractivity contribution is 5.59. The van der Waals surface area contributed by atoms with E-state index in [2.05, 4.69) is 13.8 Å². The molecule has 0 amide bonds. The number of hydrogen-bond donors (Lipinski definition) is 1. The van der Waals surface area contributed by atoms with Gasteiger partial charge in [0.2, 0.25) is 0 Å². The maximum absolute atomic E-state index is 10.7. The third-order valence-electron chi connectivity index (χ3n) is 3.07. The molecule has 0 fully saturated rings. The second-order valence-electron chi connectivity index (χ2n) is 4.35. The normalized spacial score (nSPS) is 10.8. The Morgan fingerprint density at radius 1 is 1.39 bits per heavy atom. The molecule has 1 rings (SSSR count). The number of nitrogen functional groups attached to an aromatic ring is 1. The summed E-state index contributed by atoms with van der Waals surface area (Å²) in [6.07, 6.45) is 2.16. The van der Waals surface area contributed by atoms with Crippen LogP contribution in [0.1, 0.15) is 32.3 Å². The van der Waals surface area contributed by atoms with Crippen molar-refractivity contribution in [2.24, 2.45) is 5.92 Å². The van der Waals surface area contributed by atoms with E-state index in [0.717, 1.165) is 18.4 Å². The number of hydrogen-bond acceptors (Lipinski definition) is 4. The first-order valence-electron chi connectivity index (χ1n) is 6.19. The van der Waals surface area contributed by atoms with E-state index in [4.69, 9.17) is 10.5 Å². The van der Waals surface area contributed by atoms with Gasteiger partial charge in [-0.15, -0.1) is 0 Å². The van der Waals surface area contributed by atoms with Crippen molar-refractivity contribution in [3.63, 3.8) is 0 Å². The molecule has 0 atom stereocenters. The second kappa shape index (κ2) is 6.96. The van der Waals surface area contributed by atoms with Crippen LogP contribution in [-0.4, -0.2) is 11.5 Å². The maximum Gasteiger partial charge on any atom is 0.292 e. The zero-order valence-electron chi connectivity index (χ0n) is 10.9. The molecule has 1 aromatic carbocycles. The summed E-state index contributed by atoms with van der Waals surface area (Å²) in [4.78, 5) is 10.3. The number of nitrogens with zero attached hydrogens (tertiary/aromatic N) is 1. The lowest BCUT2D eigenvalue weighted by Crippen LogP contribution is -2.07. The van der Waals surface area contributed by atoms with Gasteiger partial charge in [-0.05, 0) is 17.5 Å². The fourth-order valence-corrected chi connectivity index (χ4v) is 1.70. The van der Waals surface area contributed by atoms with Crippen LogP contribution in [0.3, 0.4) is 0 Å². The van der Waals surface area contributed by atoms with Crippen molar-refractivity contribution >= 4 is 11.4 Å². The Morgan fingerprint density at radius 3 is 2.61 bits per heavy atom. The molecule has 0 heterocycles. The van der Waals surface area contributed by atoms with Crippen molar-refractivity contribution in [1.29, 1.82) is 0 Å². The van der Waals surface area contributed by atoms with Gasteiger partial charge in [0.05, 0.1) is 11.5 Å². The summed E-state index contributed by atoms with van der Waals surface area (Å²) >= 11 is 0. The van der Waals surface area contributed by atoms with Crippen molar-refractivity contribution in [3.05, 3.63) is 33.9 Å². The van der Waals surface area contributed by atoms with Gasteiger partial charge in [-0.2, -0.15) is 0 Å². The highest BCUT2D eigenvalue weighted by Gasteiger charge is 2.12. The number of benzene rings is 1. The van der Waals surface area contributed by atoms with E-state index in [9.17, 15) is 10.1 Å². The Kier molecular flexibility index (Phi) is 5.58. The molecule has 0 spiro atoms. The van der Waals surface area contributed by atoms with Crippen LogP contribution in [0.2, 0.25) is 0 Å². The fourth-order valence-electron chi connectivity index (χ4n) is 1.70. The number of nitro groups is 1. The molecule has 0 saturated heterocycles. The van der Waals surface area contributed by atoms with Crippen LogP contribution >= 0.6 is 0 Å². The van der Waals surface area contributed by atoms with Gasteiger partial charge < -0.3 is 10.5 Å². The third kappa shape index (κ3) is 4.00. The maximum atomic E-state index is 10.7. The molecule has 0 aliphatic carbocycles. The van der Waals surface area contributed by atoms with Crippen LogP contribution in [0.15, 0.2) is 18.2 Å². The van der Waals surface area contributed by atoms with E-state index in [1.54, 1.807) is 12.1 Å². The highest BCUT2D eigenvalue weighted by Crippen LogP contribution is 2.22. The first-order valence-corrected chi connectivity index (χ1v) is 6.19. The molecule has 18 heavy (non-hydrogen) atoms. The van der Waals surface area contributed by atoms with Crippen LogP contribution < -0.4 is 5.73 Å². The first kappa shape index (κ1) is 14.4. The van der Waals surface area contributed by atoms with Gasteiger partial charge in [0.15, 0.2) is 0 Å². The molecule has 100 valence electrons. The minimum absolute atomic E-state index is 0.0568. The summed E-state index contributed by atoms with van der Waals surface area (Å²) in [7, 11) is 0. The van der Waals surface area contributed by atoms with Gasteiger partial charge in [-0.3, -0.25) is 10.1 Å². The molecule has 0 bridgehead atoms. The van der Waals surface area contributed by atoms with E-state index >= 15 is 0 Å². The topological polar surface area (TPSA) is 78.4 Å². The third-order valence-corrected chi connectivity index (χ3v) is 3.07. The molecule has 0 aliphatic heterocycles. The Hall–Kier alpha value is -1.62. The average Bonchev–Trinajstić information content (AvgIpc) is 2.36. The lowest BCUT2D eigenvalue weighted by atomic mass is 10.1. The minimum atomic E-state index is -0.472. The minimum Gasteiger partial charge on any atom is -0.393 e. The fraction of sp³-hybridized carbons (Fsp3) is 0.538. The number of nitro benzene ring substituents is 1. The summed E-state index contributed by atoms with van der Waals surface area (Å²) in [6.45, 7) is 5.33. The standard InChI is InChI=1S/C13H20N2O3/c1-3-10(4-2)8-18-9-11-5-6-12(14)13(7-11)15(16)17/h5-7,10H,3-4,8-9,14H2,1-2H3. The van der Waals surface area contributed by atoms with Crippen LogP contribution in [0, 0.1) is 16.0 Å². The molecular weight excluding hydrogens is 232 g/mol. The summed E-state index contributed by atoms with van der Waals surface area (Å²) < 4.78 is 5.57. The van der Waals surface area contributed by atoms with E-state index in [-0.39, 0.29) is 11.4 Å². The summed E-state index contributed by atoms with van der Waals surface area (Å²) in [5.74, 6) is 0.550. The van der Waals surface area contributed by atoms with Gasteiger partial charge in [0.1, 0.15) is 5.69 Å². The Labute approximate surface area is 107 Å². The molecule has 0 unspecified atom stereocenters. The summed E-state index contributed by atoms with van der Waals surface area (Å²) in [6, 6.07) is 4.78. The van der Waals surface area contributed by atoms with Crippen molar-refractivity contribution in [3.8, 4) is 0 Å². The van der Waals surface area contributed by atoms with E-state index in [1.165, 1.54) is 6.07 Å². The molecule has 0 saturated carbocycles. The molecule has 0 aromatic heterocycles. The Balaban J connectivity index is 2.58. The summed E-state index contributed by atoms with van der Waals surface area (Å²) in [5.41, 5.74) is 6.43. The summed E-state index contributed by atoms with van der Waals surface area (Å²) in [5, 5.41) is 10.7. The molecule has 1 aromatic rings. The van der Waals surface area contributed by atoms with Gasteiger partial charge >= 0.3 is 0 Å². The van der Waals surface area contributed by atoms with Gasteiger partial charge in [0.25, 0.3) is 5.69 Å². The molecule has 0 aliphatic rings. The highest BCUT2D eigenvalue weighted by atomic mass is 16.6. The quantitative estimate of drug-likeness (QED) is 0.459. The van der Waals surface area contributed by atoms with Crippen LogP contribution in [0.4, 0.5) is 11.4 Å². The smallest absolute Gasteiger partial charge is 0.292 e. The number of rotatable bonds is 7. The largest absolute Gasteiger partial charge is 0.393 e. The first-order chi connectivity index (χ1) is 8.58. The van der Waals surface area contributed by atoms with Crippen LogP contribution in [0.5, 0.6) is 0 Å². The average molecular weight is 252 g/mol. The van der Waals surface area contributed by atoms with Crippen LogP contribution in [0.25, 0.3) is 0 Å². The molecule has 5 heteroatoms. The monoisotopic (exact) mass is 252 g/mol. The van der Waals surface area contributed by atoms with E-state index in [1.807, 2.05) is 0 Å². The second-order valence-corrected chi connectivity index (χ2v) is 4.35. The van der Waals surface area contributed by atoms with Crippen molar-refractivity contribution in [1.82, 2.24) is 0 Å². The molecule has 5 nitrogen and oxygen atoms in total. The predicted octanol–water partition coefficient (Wildman–Crippen LogP) is 3.13. The van der Waals surface area contributed by atoms with Crippen LogP contribution in [-0.2, 0) is 11.3 Å².